The molecule has 0 aliphatic heterocycles. The van der Waals surface area contributed by atoms with Gasteiger partial charge in [-0.05, 0) is 24.6 Å². The van der Waals surface area contributed by atoms with Gasteiger partial charge in [0.15, 0.2) is 0 Å². The van der Waals surface area contributed by atoms with Crippen LogP contribution in [-0.4, -0.2) is 40.7 Å². The van der Waals surface area contributed by atoms with Gasteiger partial charge in [-0.25, -0.2) is 0 Å². The summed E-state index contributed by atoms with van der Waals surface area (Å²) in [5.74, 6) is 0.182. The molecular weight excluding hydrogens is 206 g/mol. The minimum atomic E-state index is -0.0187. The zero-order chi connectivity index (χ0) is 12.0. The Kier molecular flexibility index (Phi) is 4.79. The highest BCUT2D eigenvalue weighted by Gasteiger charge is 2.11. The number of aliphatic hydroxyl groups is 1. The van der Waals surface area contributed by atoms with E-state index in [4.69, 9.17) is 10.2 Å². The second kappa shape index (κ2) is 6.12. The summed E-state index contributed by atoms with van der Waals surface area (Å²) in [7, 11) is 0. The van der Waals surface area contributed by atoms with Crippen molar-refractivity contribution in [2.45, 2.75) is 13.3 Å². The maximum atomic E-state index is 11.8. The number of hydrogen-bond acceptors (Lipinski definition) is 3. The molecule has 1 aromatic rings. The SMILES string of the molecule is CCN(CCO)C(=O)Cc1ccc(O)cc1. The molecule has 0 fully saturated rings. The Hall–Kier alpha value is -1.55. The van der Waals surface area contributed by atoms with Crippen LogP contribution in [0.5, 0.6) is 5.75 Å². The van der Waals surface area contributed by atoms with Crippen LogP contribution in [0, 0.1) is 0 Å². The number of carbonyl (C=O) groups is 1. The summed E-state index contributed by atoms with van der Waals surface area (Å²) in [5, 5.41) is 17.9. The van der Waals surface area contributed by atoms with Crippen LogP contribution in [0.25, 0.3) is 0 Å². The average Bonchev–Trinajstić information content (AvgIpc) is 2.29. The summed E-state index contributed by atoms with van der Waals surface area (Å²) >= 11 is 0. The van der Waals surface area contributed by atoms with Crippen molar-refractivity contribution in [3.8, 4) is 5.75 Å². The number of nitrogens with zero attached hydrogens (tertiary/aromatic N) is 1. The van der Waals surface area contributed by atoms with Crippen LogP contribution in [0.1, 0.15) is 12.5 Å². The van der Waals surface area contributed by atoms with E-state index in [1.807, 2.05) is 6.92 Å². The Bertz CT molecular complexity index is 335. The molecular formula is C12H17NO3. The Labute approximate surface area is 95.1 Å². The molecule has 16 heavy (non-hydrogen) atoms. The van der Waals surface area contributed by atoms with Crippen LogP contribution in [0.4, 0.5) is 0 Å². The number of amides is 1. The van der Waals surface area contributed by atoms with E-state index in [1.165, 1.54) is 0 Å². The van der Waals surface area contributed by atoms with Crippen molar-refractivity contribution in [1.29, 1.82) is 0 Å². The molecule has 1 amide bonds. The van der Waals surface area contributed by atoms with E-state index < -0.39 is 0 Å². The number of rotatable bonds is 5. The minimum Gasteiger partial charge on any atom is -0.508 e. The third-order valence-electron chi connectivity index (χ3n) is 2.40. The summed E-state index contributed by atoms with van der Waals surface area (Å²) < 4.78 is 0. The summed E-state index contributed by atoms with van der Waals surface area (Å²) in [6.07, 6.45) is 0.300. The number of benzene rings is 1. The molecule has 0 radical (unpaired) electrons. The molecule has 4 nitrogen and oxygen atoms in total. The number of carbonyl (C=O) groups excluding carboxylic acids is 1. The van der Waals surface area contributed by atoms with Gasteiger partial charge < -0.3 is 15.1 Å². The van der Waals surface area contributed by atoms with Gasteiger partial charge in [-0.1, -0.05) is 12.1 Å². The fraction of sp³-hybridized carbons (Fsp3) is 0.417. The quantitative estimate of drug-likeness (QED) is 0.775. The predicted octanol–water partition coefficient (Wildman–Crippen LogP) is 0.775. The third kappa shape index (κ3) is 3.55. The van der Waals surface area contributed by atoms with Gasteiger partial charge in [0.05, 0.1) is 13.0 Å². The molecule has 0 unspecified atom stereocenters. The zero-order valence-corrected chi connectivity index (χ0v) is 9.39. The van der Waals surface area contributed by atoms with Crippen LogP contribution in [-0.2, 0) is 11.2 Å². The number of hydrogen-bond donors (Lipinski definition) is 2. The second-order valence-corrected chi connectivity index (χ2v) is 3.54. The second-order valence-electron chi connectivity index (χ2n) is 3.54. The van der Waals surface area contributed by atoms with Crippen molar-refractivity contribution >= 4 is 5.91 Å². The predicted molar refractivity (Wildman–Crippen MR) is 61.2 cm³/mol. The molecule has 0 aliphatic carbocycles. The number of aromatic hydroxyl groups is 1. The molecule has 4 heteroatoms. The van der Waals surface area contributed by atoms with Crippen molar-refractivity contribution in [3.63, 3.8) is 0 Å². The number of likely N-dealkylation sites (N-methyl/N-ethyl adjacent to an activating group) is 1. The van der Waals surface area contributed by atoms with Crippen molar-refractivity contribution < 1.29 is 15.0 Å². The maximum absolute atomic E-state index is 11.8. The number of aliphatic hydroxyl groups excluding tert-OH is 1. The Morgan fingerprint density at radius 3 is 2.44 bits per heavy atom. The highest BCUT2D eigenvalue weighted by molar-refractivity contribution is 5.78. The summed E-state index contributed by atoms with van der Waals surface area (Å²) in [6.45, 7) is 2.82. The number of phenolic OH excluding ortho intramolecular Hbond substituents is 1. The van der Waals surface area contributed by atoms with E-state index in [2.05, 4.69) is 0 Å². The van der Waals surface area contributed by atoms with Crippen molar-refractivity contribution in [2.24, 2.45) is 0 Å². The lowest BCUT2D eigenvalue weighted by Crippen LogP contribution is -2.34. The van der Waals surface area contributed by atoms with Gasteiger partial charge in [-0.3, -0.25) is 4.79 Å². The smallest absolute Gasteiger partial charge is 0.227 e. The van der Waals surface area contributed by atoms with E-state index in [-0.39, 0.29) is 18.3 Å². The molecule has 0 aromatic heterocycles. The summed E-state index contributed by atoms with van der Waals surface area (Å²) in [5.41, 5.74) is 0.860. The Morgan fingerprint density at radius 2 is 1.94 bits per heavy atom. The van der Waals surface area contributed by atoms with Crippen LogP contribution >= 0.6 is 0 Å². The highest BCUT2D eigenvalue weighted by atomic mass is 16.3. The van der Waals surface area contributed by atoms with Gasteiger partial charge in [-0.15, -0.1) is 0 Å². The van der Waals surface area contributed by atoms with E-state index in [0.29, 0.717) is 19.5 Å². The first-order valence-corrected chi connectivity index (χ1v) is 5.34. The lowest BCUT2D eigenvalue weighted by atomic mass is 10.1. The van der Waals surface area contributed by atoms with Crippen LogP contribution in [0.2, 0.25) is 0 Å². The van der Waals surface area contributed by atoms with Gasteiger partial charge in [0.2, 0.25) is 5.91 Å². The third-order valence-corrected chi connectivity index (χ3v) is 2.40. The molecule has 0 heterocycles. The monoisotopic (exact) mass is 223 g/mol. The fourth-order valence-electron chi connectivity index (χ4n) is 1.48. The molecule has 0 bridgehead atoms. The van der Waals surface area contributed by atoms with E-state index in [0.717, 1.165) is 5.56 Å². The lowest BCUT2D eigenvalue weighted by molar-refractivity contribution is -0.130. The molecule has 0 aliphatic rings. The van der Waals surface area contributed by atoms with Gasteiger partial charge in [0.25, 0.3) is 0 Å². The zero-order valence-electron chi connectivity index (χ0n) is 9.39. The average molecular weight is 223 g/mol. The van der Waals surface area contributed by atoms with Gasteiger partial charge in [-0.2, -0.15) is 0 Å². The standard InChI is InChI=1S/C12H17NO3/c1-2-13(7-8-14)12(16)9-10-3-5-11(15)6-4-10/h3-6,14-15H,2,7-9H2,1H3. The number of phenols is 1. The minimum absolute atomic E-state index is 0.0118. The highest BCUT2D eigenvalue weighted by Crippen LogP contribution is 2.10. The lowest BCUT2D eigenvalue weighted by Gasteiger charge is -2.19. The Morgan fingerprint density at radius 1 is 1.31 bits per heavy atom. The molecule has 0 saturated carbocycles. The Balaban J connectivity index is 2.59. The first kappa shape index (κ1) is 12.5. The molecule has 0 saturated heterocycles. The molecule has 0 atom stereocenters. The van der Waals surface area contributed by atoms with Crippen LogP contribution in [0.15, 0.2) is 24.3 Å². The first-order valence-electron chi connectivity index (χ1n) is 5.34. The molecule has 88 valence electrons. The maximum Gasteiger partial charge on any atom is 0.227 e. The largest absolute Gasteiger partial charge is 0.508 e. The molecule has 1 rings (SSSR count). The summed E-state index contributed by atoms with van der Waals surface area (Å²) in [6, 6.07) is 6.57. The molecule has 0 spiro atoms. The topological polar surface area (TPSA) is 60.8 Å². The van der Waals surface area contributed by atoms with E-state index in [9.17, 15) is 4.79 Å². The van der Waals surface area contributed by atoms with Crippen molar-refractivity contribution in [2.75, 3.05) is 19.7 Å². The van der Waals surface area contributed by atoms with Crippen LogP contribution in [0.3, 0.4) is 0 Å². The molecule has 1 aromatic carbocycles. The van der Waals surface area contributed by atoms with Crippen LogP contribution < -0.4 is 0 Å². The fourth-order valence-corrected chi connectivity index (χ4v) is 1.48. The van der Waals surface area contributed by atoms with Gasteiger partial charge in [0.1, 0.15) is 5.75 Å². The molecule has 2 N–H and O–H groups in total. The normalized spacial score (nSPS) is 10.1. The van der Waals surface area contributed by atoms with Crippen molar-refractivity contribution in [1.82, 2.24) is 4.90 Å². The van der Waals surface area contributed by atoms with E-state index >= 15 is 0 Å². The summed E-state index contributed by atoms with van der Waals surface area (Å²) in [4.78, 5) is 13.4. The first-order chi connectivity index (χ1) is 7.67. The van der Waals surface area contributed by atoms with Gasteiger partial charge >= 0.3 is 0 Å². The van der Waals surface area contributed by atoms with Gasteiger partial charge in [0, 0.05) is 13.1 Å². The van der Waals surface area contributed by atoms with Crippen molar-refractivity contribution in [3.05, 3.63) is 29.8 Å². The van der Waals surface area contributed by atoms with E-state index in [1.54, 1.807) is 29.2 Å².